The van der Waals surface area contributed by atoms with E-state index in [1.54, 1.807) is 24.3 Å². The second kappa shape index (κ2) is 9.21. The predicted octanol–water partition coefficient (Wildman–Crippen LogP) is 3.09. The lowest BCUT2D eigenvalue weighted by Crippen LogP contribution is -2.39. The Morgan fingerprint density at radius 1 is 1.07 bits per heavy atom. The van der Waals surface area contributed by atoms with E-state index in [9.17, 15) is 17.6 Å². The molecule has 0 unspecified atom stereocenters. The molecule has 156 valence electrons. The summed E-state index contributed by atoms with van der Waals surface area (Å²) in [6, 6.07) is 11.1. The Hall–Kier alpha value is -2.00. The summed E-state index contributed by atoms with van der Waals surface area (Å²) in [6.45, 7) is 1.32. The molecule has 2 aromatic carbocycles. The van der Waals surface area contributed by atoms with Crippen molar-refractivity contribution >= 4 is 27.6 Å². The van der Waals surface area contributed by atoms with Gasteiger partial charge in [-0.15, -0.1) is 0 Å². The summed E-state index contributed by atoms with van der Waals surface area (Å²) in [5.74, 6) is -0.945. The molecular formula is C20H22ClFN2O4S. The van der Waals surface area contributed by atoms with E-state index < -0.39 is 27.9 Å². The number of ether oxygens (including phenoxy) is 1. The van der Waals surface area contributed by atoms with Crippen LogP contribution in [0.4, 0.5) is 4.39 Å². The predicted molar refractivity (Wildman–Crippen MR) is 108 cm³/mol. The molecule has 1 aliphatic rings. The van der Waals surface area contributed by atoms with Gasteiger partial charge >= 0.3 is 5.97 Å². The van der Waals surface area contributed by atoms with Crippen LogP contribution in [0.25, 0.3) is 0 Å². The number of carbonyl (C=O) groups is 1. The van der Waals surface area contributed by atoms with Crippen LogP contribution < -0.4 is 0 Å². The molecule has 6 nitrogen and oxygen atoms in total. The van der Waals surface area contributed by atoms with Crippen molar-refractivity contribution in [1.82, 2.24) is 9.21 Å². The number of esters is 1. The Morgan fingerprint density at radius 3 is 2.41 bits per heavy atom. The van der Waals surface area contributed by atoms with Crippen LogP contribution in [-0.4, -0.2) is 56.9 Å². The summed E-state index contributed by atoms with van der Waals surface area (Å²) in [7, 11) is -2.44. The molecule has 3 rings (SSSR count). The van der Waals surface area contributed by atoms with Gasteiger partial charge in [-0.05, 0) is 42.3 Å². The summed E-state index contributed by atoms with van der Waals surface area (Å²) in [5.41, 5.74) is 0.621. The highest BCUT2D eigenvalue weighted by Gasteiger charge is 2.34. The number of carbonyl (C=O) groups excluding carboxylic acids is 1. The highest BCUT2D eigenvalue weighted by molar-refractivity contribution is 7.89. The van der Waals surface area contributed by atoms with Gasteiger partial charge in [-0.25, -0.2) is 17.6 Å². The smallest absolute Gasteiger partial charge is 0.327 e. The Labute approximate surface area is 174 Å². The zero-order valence-corrected chi connectivity index (χ0v) is 17.5. The van der Waals surface area contributed by atoms with Crippen molar-refractivity contribution in [1.29, 1.82) is 0 Å². The van der Waals surface area contributed by atoms with Gasteiger partial charge in [0, 0.05) is 31.2 Å². The lowest BCUT2D eigenvalue weighted by atomic mass is 10.0. The van der Waals surface area contributed by atoms with E-state index in [2.05, 4.69) is 0 Å². The van der Waals surface area contributed by atoms with Gasteiger partial charge in [0.1, 0.15) is 11.9 Å². The fraction of sp³-hybridized carbons (Fsp3) is 0.350. The Balaban J connectivity index is 1.83. The van der Waals surface area contributed by atoms with Crippen LogP contribution >= 0.6 is 11.6 Å². The van der Waals surface area contributed by atoms with E-state index in [-0.39, 0.29) is 11.4 Å². The van der Waals surface area contributed by atoms with Crippen LogP contribution in [0.3, 0.4) is 0 Å². The molecule has 0 spiro atoms. The minimum absolute atomic E-state index is 0.0444. The van der Waals surface area contributed by atoms with Crippen LogP contribution in [0.5, 0.6) is 0 Å². The molecule has 0 aromatic heterocycles. The fourth-order valence-corrected chi connectivity index (χ4v) is 5.16. The summed E-state index contributed by atoms with van der Waals surface area (Å²) < 4.78 is 45.3. The first-order chi connectivity index (χ1) is 13.8. The zero-order valence-electron chi connectivity index (χ0n) is 15.9. The third-order valence-corrected chi connectivity index (χ3v) is 7.19. The van der Waals surface area contributed by atoms with Gasteiger partial charge < -0.3 is 4.74 Å². The summed E-state index contributed by atoms with van der Waals surface area (Å²) in [5, 5.41) is 0.447. The maximum absolute atomic E-state index is 13.2. The van der Waals surface area contributed by atoms with Crippen molar-refractivity contribution < 1.29 is 22.3 Å². The van der Waals surface area contributed by atoms with E-state index >= 15 is 0 Å². The molecule has 0 amide bonds. The first-order valence-electron chi connectivity index (χ1n) is 9.16. The van der Waals surface area contributed by atoms with Gasteiger partial charge in [0.15, 0.2) is 0 Å². The normalized spacial score (nSPS) is 17.5. The van der Waals surface area contributed by atoms with Gasteiger partial charge in [0.25, 0.3) is 0 Å². The summed E-state index contributed by atoms with van der Waals surface area (Å²) >= 11 is 6.30. The molecule has 1 saturated heterocycles. The molecule has 1 atom stereocenters. The Morgan fingerprint density at radius 2 is 1.76 bits per heavy atom. The number of benzene rings is 2. The van der Waals surface area contributed by atoms with Crippen molar-refractivity contribution in [2.45, 2.75) is 17.4 Å². The average molecular weight is 441 g/mol. The van der Waals surface area contributed by atoms with Gasteiger partial charge in [-0.3, -0.25) is 4.90 Å². The van der Waals surface area contributed by atoms with E-state index in [1.165, 1.54) is 23.5 Å². The topological polar surface area (TPSA) is 66.9 Å². The number of methoxy groups -OCH3 is 1. The van der Waals surface area contributed by atoms with Crippen molar-refractivity contribution in [2.24, 2.45) is 0 Å². The molecule has 0 saturated carbocycles. The molecule has 0 bridgehead atoms. The third kappa shape index (κ3) is 4.78. The number of sulfonamides is 1. The largest absolute Gasteiger partial charge is 0.468 e. The van der Waals surface area contributed by atoms with Crippen molar-refractivity contribution in [3.8, 4) is 0 Å². The maximum atomic E-state index is 13.2. The van der Waals surface area contributed by atoms with Gasteiger partial charge in [-0.2, -0.15) is 4.31 Å². The van der Waals surface area contributed by atoms with E-state index in [1.807, 2.05) is 4.90 Å². The first kappa shape index (κ1) is 21.7. The van der Waals surface area contributed by atoms with Crippen LogP contribution in [0.1, 0.15) is 18.0 Å². The SMILES string of the molecule is COC(=O)[C@H](c1ccccc1Cl)N1CCCN(S(=O)(=O)c2ccc(F)cc2)CC1. The maximum Gasteiger partial charge on any atom is 0.327 e. The van der Waals surface area contributed by atoms with Crippen LogP contribution in [0, 0.1) is 5.82 Å². The second-order valence-electron chi connectivity index (χ2n) is 6.69. The van der Waals surface area contributed by atoms with Crippen LogP contribution in [0.15, 0.2) is 53.4 Å². The standard InChI is InChI=1S/C20H22ClFN2O4S/c1-28-20(25)19(17-5-2-3-6-18(17)21)23-11-4-12-24(14-13-23)29(26,27)16-9-7-15(22)8-10-16/h2-3,5-10,19H,4,11-14H2,1H3/t19-/m0/s1. The van der Waals surface area contributed by atoms with Gasteiger partial charge in [-0.1, -0.05) is 29.8 Å². The minimum Gasteiger partial charge on any atom is -0.468 e. The molecule has 2 aromatic rings. The van der Waals surface area contributed by atoms with Crippen molar-refractivity contribution in [3.05, 3.63) is 64.9 Å². The molecule has 29 heavy (non-hydrogen) atoms. The number of rotatable bonds is 5. The first-order valence-corrected chi connectivity index (χ1v) is 11.0. The van der Waals surface area contributed by atoms with Gasteiger partial charge in [0.05, 0.1) is 12.0 Å². The van der Waals surface area contributed by atoms with Crippen LogP contribution in [0.2, 0.25) is 5.02 Å². The highest BCUT2D eigenvalue weighted by Crippen LogP contribution is 2.30. The molecule has 0 radical (unpaired) electrons. The lowest BCUT2D eigenvalue weighted by Gasteiger charge is -2.29. The van der Waals surface area contributed by atoms with E-state index in [0.717, 1.165) is 12.1 Å². The highest BCUT2D eigenvalue weighted by atomic mass is 35.5. The molecule has 9 heteroatoms. The van der Waals surface area contributed by atoms with Crippen molar-refractivity contribution in [2.75, 3.05) is 33.3 Å². The monoisotopic (exact) mass is 440 g/mol. The van der Waals surface area contributed by atoms with Gasteiger partial charge in [0.2, 0.25) is 10.0 Å². The Bertz CT molecular complexity index is 969. The number of nitrogens with zero attached hydrogens (tertiary/aromatic N) is 2. The van der Waals surface area contributed by atoms with Crippen LogP contribution in [-0.2, 0) is 19.6 Å². The molecule has 1 heterocycles. The fourth-order valence-electron chi connectivity index (χ4n) is 3.45. The minimum atomic E-state index is -3.75. The molecule has 1 aliphatic heterocycles. The third-order valence-electron chi connectivity index (χ3n) is 4.93. The van der Waals surface area contributed by atoms with Crippen molar-refractivity contribution in [3.63, 3.8) is 0 Å². The molecule has 1 fully saturated rings. The average Bonchev–Trinajstić information content (AvgIpc) is 2.96. The lowest BCUT2D eigenvalue weighted by molar-refractivity contribution is -0.147. The summed E-state index contributed by atoms with van der Waals surface area (Å²) in [6.07, 6.45) is 0.526. The molecule has 0 N–H and O–H groups in total. The quantitative estimate of drug-likeness (QED) is 0.668. The Kier molecular flexibility index (Phi) is 6.89. The number of hydrogen-bond donors (Lipinski definition) is 0. The second-order valence-corrected chi connectivity index (χ2v) is 9.04. The molecular weight excluding hydrogens is 419 g/mol. The molecule has 0 aliphatic carbocycles. The number of halogens is 2. The zero-order chi connectivity index (χ0) is 21.0. The van der Waals surface area contributed by atoms with E-state index in [4.69, 9.17) is 16.3 Å². The van der Waals surface area contributed by atoms with E-state index in [0.29, 0.717) is 36.6 Å². The number of hydrogen-bond acceptors (Lipinski definition) is 5. The summed E-state index contributed by atoms with van der Waals surface area (Å²) in [4.78, 5) is 14.4.